The highest BCUT2D eigenvalue weighted by Gasteiger charge is 2.25. The van der Waals surface area contributed by atoms with E-state index in [4.69, 9.17) is 21.3 Å². The minimum absolute atomic E-state index is 0.00857. The third-order valence-electron chi connectivity index (χ3n) is 3.65. The molecule has 0 saturated carbocycles. The first-order valence-corrected chi connectivity index (χ1v) is 7.97. The highest BCUT2D eigenvalue weighted by atomic mass is 35.5. The second-order valence-corrected chi connectivity index (χ2v) is 6.14. The number of amides is 1. The van der Waals surface area contributed by atoms with Crippen molar-refractivity contribution in [2.45, 2.75) is 18.9 Å². The summed E-state index contributed by atoms with van der Waals surface area (Å²) >= 11 is 7.05. The van der Waals surface area contributed by atoms with Crippen molar-refractivity contribution in [1.29, 1.82) is 5.26 Å². The number of carbonyl (C=O) groups excluding carboxylic acids is 1. The Morgan fingerprint density at radius 2 is 2.32 bits per heavy atom. The number of likely N-dealkylation sites (tertiary alicyclic amines) is 1. The molecular weight excluding hydrogens is 324 g/mol. The highest BCUT2D eigenvalue weighted by Crippen LogP contribution is 2.29. The number of nitrogens with one attached hydrogen (secondary N) is 1. The molecule has 2 aromatic heterocycles. The van der Waals surface area contributed by atoms with Gasteiger partial charge in [-0.2, -0.15) is 9.64 Å². The van der Waals surface area contributed by atoms with Gasteiger partial charge in [0.1, 0.15) is 22.9 Å². The summed E-state index contributed by atoms with van der Waals surface area (Å²) in [6.07, 6.45) is 4.58. The molecule has 1 N–H and O–H groups in total. The molecule has 0 unspecified atom stereocenters. The van der Waals surface area contributed by atoms with E-state index in [2.05, 4.69) is 15.8 Å². The maximum absolute atomic E-state index is 12.2. The molecule has 3 rings (SSSR count). The summed E-state index contributed by atoms with van der Waals surface area (Å²) in [7, 11) is 0. The van der Waals surface area contributed by atoms with Gasteiger partial charge >= 0.3 is 0 Å². The Hall–Kier alpha value is -2.04. The molecule has 22 heavy (non-hydrogen) atoms. The standard InChI is InChI=1S/C14H13ClN4O2S/c15-12-11(7-16)13(22-18-12)17-10-1-4-19(5-2-10)14(20)9-3-6-21-8-9/h3,6,8,10,17H,1-2,4-5H2. The smallest absolute Gasteiger partial charge is 0.257 e. The van der Waals surface area contributed by atoms with Gasteiger partial charge in [0.2, 0.25) is 0 Å². The van der Waals surface area contributed by atoms with Gasteiger partial charge in [-0.15, -0.1) is 0 Å². The van der Waals surface area contributed by atoms with E-state index < -0.39 is 0 Å². The lowest BCUT2D eigenvalue weighted by molar-refractivity contribution is 0.0718. The maximum Gasteiger partial charge on any atom is 0.257 e. The van der Waals surface area contributed by atoms with Gasteiger partial charge in [-0.1, -0.05) is 11.6 Å². The summed E-state index contributed by atoms with van der Waals surface area (Å²) in [5, 5.41) is 13.3. The second kappa shape index (κ2) is 6.38. The van der Waals surface area contributed by atoms with Crippen molar-refractivity contribution in [2.24, 2.45) is 0 Å². The number of aromatic nitrogens is 1. The van der Waals surface area contributed by atoms with Crippen LogP contribution in [0, 0.1) is 11.3 Å². The van der Waals surface area contributed by atoms with Crippen LogP contribution in [0.5, 0.6) is 0 Å². The third-order valence-corrected chi connectivity index (χ3v) is 4.80. The largest absolute Gasteiger partial charge is 0.472 e. The number of anilines is 1. The van der Waals surface area contributed by atoms with Gasteiger partial charge in [-0.25, -0.2) is 0 Å². The fourth-order valence-corrected chi connectivity index (χ4v) is 3.46. The van der Waals surface area contributed by atoms with Crippen LogP contribution in [-0.4, -0.2) is 34.3 Å². The predicted molar refractivity (Wildman–Crippen MR) is 83.1 cm³/mol. The van der Waals surface area contributed by atoms with Crippen molar-refractivity contribution >= 4 is 34.0 Å². The molecule has 0 spiro atoms. The molecule has 2 aromatic rings. The van der Waals surface area contributed by atoms with E-state index in [0.717, 1.165) is 12.8 Å². The second-order valence-electron chi connectivity index (χ2n) is 5.01. The average Bonchev–Trinajstić information content (AvgIpc) is 3.18. The van der Waals surface area contributed by atoms with Crippen LogP contribution in [0.1, 0.15) is 28.8 Å². The van der Waals surface area contributed by atoms with Gasteiger partial charge in [0.15, 0.2) is 5.15 Å². The number of rotatable bonds is 3. The van der Waals surface area contributed by atoms with E-state index in [1.165, 1.54) is 24.1 Å². The Kier molecular flexibility index (Phi) is 4.32. The van der Waals surface area contributed by atoms with Crippen LogP contribution >= 0.6 is 23.1 Å². The SMILES string of the molecule is N#Cc1c(Cl)nsc1NC1CCN(C(=O)c2ccoc2)CC1. The molecule has 1 aliphatic heterocycles. The minimum atomic E-state index is -0.00857. The number of nitrogens with zero attached hydrogens (tertiary/aromatic N) is 3. The Morgan fingerprint density at radius 3 is 2.95 bits per heavy atom. The van der Waals surface area contributed by atoms with E-state index in [1.807, 2.05) is 4.90 Å². The summed E-state index contributed by atoms with van der Waals surface area (Å²) in [5.41, 5.74) is 0.969. The number of carbonyl (C=O) groups is 1. The van der Waals surface area contributed by atoms with Gasteiger partial charge in [-0.3, -0.25) is 4.79 Å². The fourth-order valence-electron chi connectivity index (χ4n) is 2.45. The van der Waals surface area contributed by atoms with Crippen molar-refractivity contribution < 1.29 is 9.21 Å². The maximum atomic E-state index is 12.2. The number of hydrogen-bond acceptors (Lipinski definition) is 6. The zero-order chi connectivity index (χ0) is 15.5. The van der Waals surface area contributed by atoms with Crippen molar-refractivity contribution in [2.75, 3.05) is 18.4 Å². The molecular formula is C14H13ClN4O2S. The molecule has 6 nitrogen and oxygen atoms in total. The van der Waals surface area contributed by atoms with E-state index in [1.54, 1.807) is 6.07 Å². The Balaban J connectivity index is 1.58. The predicted octanol–water partition coefficient (Wildman–Crippen LogP) is 2.98. The quantitative estimate of drug-likeness (QED) is 0.931. The summed E-state index contributed by atoms with van der Waals surface area (Å²) in [6, 6.07) is 3.93. The molecule has 0 aromatic carbocycles. The Labute approximate surface area is 136 Å². The van der Waals surface area contributed by atoms with E-state index in [9.17, 15) is 4.79 Å². The fraction of sp³-hybridized carbons (Fsp3) is 0.357. The molecule has 0 aliphatic carbocycles. The van der Waals surface area contributed by atoms with E-state index in [0.29, 0.717) is 29.2 Å². The highest BCUT2D eigenvalue weighted by molar-refractivity contribution is 7.10. The number of furan rings is 1. The van der Waals surface area contributed by atoms with Crippen LogP contribution in [0.25, 0.3) is 0 Å². The molecule has 1 aliphatic rings. The van der Waals surface area contributed by atoms with Gasteiger partial charge in [0.25, 0.3) is 5.91 Å². The first-order valence-electron chi connectivity index (χ1n) is 6.82. The molecule has 8 heteroatoms. The molecule has 0 bridgehead atoms. The number of halogens is 1. The molecule has 1 fully saturated rings. The van der Waals surface area contributed by atoms with E-state index >= 15 is 0 Å². The molecule has 0 atom stereocenters. The molecule has 3 heterocycles. The minimum Gasteiger partial charge on any atom is -0.472 e. The van der Waals surface area contributed by atoms with Crippen molar-refractivity contribution in [3.8, 4) is 6.07 Å². The Bertz CT molecular complexity index is 699. The lowest BCUT2D eigenvalue weighted by Gasteiger charge is -2.32. The molecule has 1 saturated heterocycles. The van der Waals surface area contributed by atoms with Gasteiger partial charge in [-0.05, 0) is 30.4 Å². The first-order chi connectivity index (χ1) is 10.7. The lowest BCUT2D eigenvalue weighted by atomic mass is 10.0. The molecule has 1 amide bonds. The van der Waals surface area contributed by atoms with Crippen LogP contribution in [0.3, 0.4) is 0 Å². The van der Waals surface area contributed by atoms with Gasteiger partial charge in [0, 0.05) is 19.1 Å². The summed E-state index contributed by atoms with van der Waals surface area (Å²) in [6.45, 7) is 1.33. The normalized spacial score (nSPS) is 15.5. The third kappa shape index (κ3) is 2.93. The van der Waals surface area contributed by atoms with Crippen LogP contribution in [0.15, 0.2) is 23.0 Å². The summed E-state index contributed by atoms with van der Waals surface area (Å²) in [5.74, 6) is -0.00857. The summed E-state index contributed by atoms with van der Waals surface area (Å²) in [4.78, 5) is 14.0. The number of piperidine rings is 1. The first kappa shape index (κ1) is 14.9. The Morgan fingerprint density at radius 1 is 1.55 bits per heavy atom. The van der Waals surface area contributed by atoms with Crippen LogP contribution in [0.2, 0.25) is 5.15 Å². The van der Waals surface area contributed by atoms with Gasteiger partial charge < -0.3 is 14.6 Å². The van der Waals surface area contributed by atoms with E-state index in [-0.39, 0.29) is 17.1 Å². The zero-order valence-corrected chi connectivity index (χ0v) is 13.2. The monoisotopic (exact) mass is 336 g/mol. The topological polar surface area (TPSA) is 82.2 Å². The van der Waals surface area contributed by atoms with Crippen molar-refractivity contribution in [1.82, 2.24) is 9.27 Å². The lowest BCUT2D eigenvalue weighted by Crippen LogP contribution is -2.42. The summed E-state index contributed by atoms with van der Waals surface area (Å²) < 4.78 is 8.92. The van der Waals surface area contributed by atoms with Crippen LogP contribution in [-0.2, 0) is 0 Å². The van der Waals surface area contributed by atoms with Crippen LogP contribution < -0.4 is 5.32 Å². The van der Waals surface area contributed by atoms with Gasteiger partial charge in [0.05, 0.1) is 11.8 Å². The van der Waals surface area contributed by atoms with Crippen molar-refractivity contribution in [3.05, 3.63) is 34.9 Å². The molecule has 114 valence electrons. The zero-order valence-electron chi connectivity index (χ0n) is 11.6. The number of nitriles is 1. The average molecular weight is 337 g/mol. The van der Waals surface area contributed by atoms with Crippen molar-refractivity contribution in [3.63, 3.8) is 0 Å². The number of hydrogen-bond donors (Lipinski definition) is 1. The molecule has 0 radical (unpaired) electrons. The van der Waals surface area contributed by atoms with Crippen LogP contribution in [0.4, 0.5) is 5.00 Å².